The minimum Gasteiger partial charge on any atom is -0.492 e. The second kappa shape index (κ2) is 8.81. The van der Waals surface area contributed by atoms with Crippen LogP contribution in [0.3, 0.4) is 0 Å². The van der Waals surface area contributed by atoms with Crippen molar-refractivity contribution in [3.63, 3.8) is 0 Å². The van der Waals surface area contributed by atoms with Crippen molar-refractivity contribution in [2.24, 2.45) is 0 Å². The van der Waals surface area contributed by atoms with E-state index in [1.54, 1.807) is 13.2 Å². The molecule has 0 fully saturated rings. The molecule has 1 atom stereocenters. The smallest absolute Gasteiger partial charge is 0.142 e. The molecule has 0 amide bonds. The van der Waals surface area contributed by atoms with Gasteiger partial charge in [0.1, 0.15) is 5.75 Å². The average Bonchev–Trinajstić information content (AvgIpc) is 2.46. The van der Waals surface area contributed by atoms with Crippen LogP contribution in [0, 0.1) is 0 Å². The van der Waals surface area contributed by atoms with Gasteiger partial charge in [-0.05, 0) is 25.1 Å². The summed E-state index contributed by atoms with van der Waals surface area (Å²) in [4.78, 5) is 0. The standard InChI is InChI=1S/C15H21Cl2NO3/c1-19-7-8-20-5-2-4-18-14-3-6-21-15-12(14)9-11(16)10-13(15)17/h9-10,14,18H,2-8H2,1H3. The van der Waals surface area contributed by atoms with Gasteiger partial charge in [0.05, 0.1) is 24.8 Å². The zero-order chi connectivity index (χ0) is 15.1. The van der Waals surface area contributed by atoms with Crippen molar-refractivity contribution in [3.8, 4) is 5.75 Å². The fourth-order valence-electron chi connectivity index (χ4n) is 2.33. The first-order valence-electron chi connectivity index (χ1n) is 7.14. The fourth-order valence-corrected chi connectivity index (χ4v) is 2.90. The molecule has 1 N–H and O–H groups in total. The Balaban J connectivity index is 1.81. The number of halogens is 2. The molecule has 0 spiro atoms. The Bertz CT molecular complexity index is 457. The number of hydrogen-bond donors (Lipinski definition) is 1. The van der Waals surface area contributed by atoms with Gasteiger partial charge in [-0.25, -0.2) is 0 Å². The molecule has 1 unspecified atom stereocenters. The molecule has 0 radical (unpaired) electrons. The number of benzene rings is 1. The van der Waals surface area contributed by atoms with E-state index in [9.17, 15) is 0 Å². The predicted molar refractivity (Wildman–Crippen MR) is 84.6 cm³/mol. The van der Waals surface area contributed by atoms with E-state index in [1.165, 1.54) is 0 Å². The van der Waals surface area contributed by atoms with E-state index in [1.807, 2.05) is 6.07 Å². The van der Waals surface area contributed by atoms with Gasteiger partial charge in [0.15, 0.2) is 0 Å². The highest BCUT2D eigenvalue weighted by atomic mass is 35.5. The lowest BCUT2D eigenvalue weighted by molar-refractivity contribution is 0.0691. The number of nitrogens with one attached hydrogen (secondary N) is 1. The molecule has 0 saturated carbocycles. The summed E-state index contributed by atoms with van der Waals surface area (Å²) in [7, 11) is 1.67. The van der Waals surface area contributed by atoms with E-state index in [0.717, 1.165) is 37.3 Å². The molecule has 6 heteroatoms. The molecular weight excluding hydrogens is 313 g/mol. The maximum atomic E-state index is 6.18. The molecule has 0 bridgehead atoms. The number of methoxy groups -OCH3 is 1. The molecule has 0 aromatic heterocycles. The monoisotopic (exact) mass is 333 g/mol. The third kappa shape index (κ3) is 5.01. The van der Waals surface area contributed by atoms with Gasteiger partial charge in [-0.3, -0.25) is 0 Å². The summed E-state index contributed by atoms with van der Waals surface area (Å²) < 4.78 is 16.0. The maximum absolute atomic E-state index is 6.18. The van der Waals surface area contributed by atoms with E-state index >= 15 is 0 Å². The number of fused-ring (bicyclic) bond motifs is 1. The normalized spacial score (nSPS) is 17.4. The first-order chi connectivity index (χ1) is 10.2. The van der Waals surface area contributed by atoms with E-state index in [0.29, 0.717) is 29.9 Å². The summed E-state index contributed by atoms with van der Waals surface area (Å²) in [6.45, 7) is 3.54. The van der Waals surface area contributed by atoms with Crippen molar-refractivity contribution in [1.82, 2.24) is 5.32 Å². The molecule has 4 nitrogen and oxygen atoms in total. The van der Waals surface area contributed by atoms with Crippen molar-refractivity contribution in [1.29, 1.82) is 0 Å². The van der Waals surface area contributed by atoms with Crippen LogP contribution in [0.4, 0.5) is 0 Å². The highest BCUT2D eigenvalue weighted by Gasteiger charge is 2.23. The van der Waals surface area contributed by atoms with E-state index < -0.39 is 0 Å². The summed E-state index contributed by atoms with van der Waals surface area (Å²) in [6, 6.07) is 3.87. The van der Waals surface area contributed by atoms with Crippen LogP contribution >= 0.6 is 23.2 Å². The minimum absolute atomic E-state index is 0.226. The second-order valence-corrected chi connectivity index (χ2v) is 5.75. The van der Waals surface area contributed by atoms with Crippen LogP contribution in [-0.2, 0) is 9.47 Å². The molecule has 1 aliphatic rings. The largest absolute Gasteiger partial charge is 0.492 e. The van der Waals surface area contributed by atoms with E-state index in [-0.39, 0.29) is 6.04 Å². The SMILES string of the molecule is COCCOCCCNC1CCOc2c(Cl)cc(Cl)cc21. The second-order valence-electron chi connectivity index (χ2n) is 4.91. The molecule has 21 heavy (non-hydrogen) atoms. The van der Waals surface area contributed by atoms with Crippen LogP contribution in [0.25, 0.3) is 0 Å². The Hall–Kier alpha value is -0.520. The van der Waals surface area contributed by atoms with Crippen molar-refractivity contribution < 1.29 is 14.2 Å². The highest BCUT2D eigenvalue weighted by molar-refractivity contribution is 6.35. The van der Waals surface area contributed by atoms with Gasteiger partial charge in [-0.2, -0.15) is 0 Å². The lowest BCUT2D eigenvalue weighted by Crippen LogP contribution is -2.28. The van der Waals surface area contributed by atoms with Crippen molar-refractivity contribution in [2.75, 3.05) is 40.1 Å². The minimum atomic E-state index is 0.226. The van der Waals surface area contributed by atoms with Crippen molar-refractivity contribution >= 4 is 23.2 Å². The van der Waals surface area contributed by atoms with Gasteiger partial charge in [0.25, 0.3) is 0 Å². The Morgan fingerprint density at radius 3 is 2.95 bits per heavy atom. The van der Waals surface area contributed by atoms with Crippen molar-refractivity contribution in [2.45, 2.75) is 18.9 Å². The topological polar surface area (TPSA) is 39.7 Å². The van der Waals surface area contributed by atoms with Gasteiger partial charge in [0.2, 0.25) is 0 Å². The molecule has 118 valence electrons. The Morgan fingerprint density at radius 1 is 1.29 bits per heavy atom. The Morgan fingerprint density at radius 2 is 2.14 bits per heavy atom. The molecule has 1 aromatic carbocycles. The molecule has 1 aliphatic heterocycles. The van der Waals surface area contributed by atoms with Crippen LogP contribution in [-0.4, -0.2) is 40.1 Å². The predicted octanol–water partition coefficient (Wildman–Crippen LogP) is 3.46. The molecule has 0 aliphatic carbocycles. The van der Waals surface area contributed by atoms with Crippen molar-refractivity contribution in [3.05, 3.63) is 27.7 Å². The lowest BCUT2D eigenvalue weighted by Gasteiger charge is -2.27. The average molecular weight is 334 g/mol. The zero-order valence-electron chi connectivity index (χ0n) is 12.2. The Labute approximate surface area is 135 Å². The highest BCUT2D eigenvalue weighted by Crippen LogP contribution is 2.39. The number of ether oxygens (including phenoxy) is 3. The van der Waals surface area contributed by atoms with Crippen LogP contribution < -0.4 is 10.1 Å². The summed E-state index contributed by atoms with van der Waals surface area (Å²) >= 11 is 12.3. The van der Waals surface area contributed by atoms with Crippen LogP contribution in [0.5, 0.6) is 5.75 Å². The summed E-state index contributed by atoms with van der Waals surface area (Å²) in [5.74, 6) is 0.751. The van der Waals surface area contributed by atoms with Gasteiger partial charge in [-0.1, -0.05) is 23.2 Å². The third-order valence-corrected chi connectivity index (χ3v) is 3.85. The fraction of sp³-hybridized carbons (Fsp3) is 0.600. The lowest BCUT2D eigenvalue weighted by atomic mass is 10.0. The molecule has 1 heterocycles. The van der Waals surface area contributed by atoms with Crippen LogP contribution in [0.15, 0.2) is 12.1 Å². The summed E-state index contributed by atoms with van der Waals surface area (Å²) in [6.07, 6.45) is 1.86. The molecule has 0 saturated heterocycles. The summed E-state index contributed by atoms with van der Waals surface area (Å²) in [5, 5.41) is 4.73. The van der Waals surface area contributed by atoms with Gasteiger partial charge >= 0.3 is 0 Å². The third-order valence-electron chi connectivity index (χ3n) is 3.35. The maximum Gasteiger partial charge on any atom is 0.142 e. The van der Waals surface area contributed by atoms with Crippen LogP contribution in [0.2, 0.25) is 10.0 Å². The van der Waals surface area contributed by atoms with E-state index in [4.69, 9.17) is 37.4 Å². The zero-order valence-corrected chi connectivity index (χ0v) is 13.7. The van der Waals surface area contributed by atoms with Gasteiger partial charge in [-0.15, -0.1) is 0 Å². The van der Waals surface area contributed by atoms with Gasteiger partial charge in [0, 0.05) is 36.8 Å². The van der Waals surface area contributed by atoms with E-state index in [2.05, 4.69) is 5.32 Å². The van der Waals surface area contributed by atoms with Crippen LogP contribution in [0.1, 0.15) is 24.4 Å². The molecule has 2 rings (SSSR count). The molecular formula is C15H21Cl2NO3. The van der Waals surface area contributed by atoms with Gasteiger partial charge < -0.3 is 19.5 Å². The molecule has 1 aromatic rings. The Kier molecular flexibility index (Phi) is 7.07. The first-order valence-corrected chi connectivity index (χ1v) is 7.89. The first kappa shape index (κ1) is 16.8. The number of rotatable bonds is 8. The number of hydrogen-bond acceptors (Lipinski definition) is 4. The summed E-state index contributed by atoms with van der Waals surface area (Å²) in [5.41, 5.74) is 1.04. The quantitative estimate of drug-likeness (QED) is 0.739.